The highest BCUT2D eigenvalue weighted by molar-refractivity contribution is 5.95. The van der Waals surface area contributed by atoms with Crippen LogP contribution in [0.2, 0.25) is 0 Å². The zero-order valence-electron chi connectivity index (χ0n) is 25.3. The van der Waals surface area contributed by atoms with Crippen molar-refractivity contribution in [3.05, 3.63) is 127 Å². The van der Waals surface area contributed by atoms with Gasteiger partial charge in [0.2, 0.25) is 0 Å². The zero-order valence-corrected chi connectivity index (χ0v) is 25.3. The Hall–Kier alpha value is -5.64. The van der Waals surface area contributed by atoms with E-state index in [9.17, 15) is 9.59 Å². The third-order valence-electron chi connectivity index (χ3n) is 8.18. The van der Waals surface area contributed by atoms with Crippen LogP contribution in [0.25, 0.3) is 22.8 Å². The molecule has 0 spiro atoms. The number of hydrogen-bond donors (Lipinski definition) is 0. The lowest BCUT2D eigenvalue weighted by atomic mass is 10.1. The molecular formula is C34H30N8O2. The van der Waals surface area contributed by atoms with Gasteiger partial charge in [0.1, 0.15) is 5.82 Å². The molecule has 7 rings (SSSR count). The van der Waals surface area contributed by atoms with Crippen LogP contribution in [-0.2, 0) is 7.05 Å². The van der Waals surface area contributed by atoms with E-state index in [1.54, 1.807) is 6.92 Å². The van der Waals surface area contributed by atoms with Gasteiger partial charge in [0.25, 0.3) is 0 Å². The predicted molar refractivity (Wildman–Crippen MR) is 173 cm³/mol. The van der Waals surface area contributed by atoms with Crippen LogP contribution in [0.4, 0.5) is 23.0 Å². The summed E-state index contributed by atoms with van der Waals surface area (Å²) in [4.78, 5) is 44.2. The van der Waals surface area contributed by atoms with Gasteiger partial charge in [0.15, 0.2) is 17.3 Å². The van der Waals surface area contributed by atoms with Gasteiger partial charge in [0.05, 0.1) is 28.1 Å². The largest absolute Gasteiger partial charge is 0.354 e. The highest BCUT2D eigenvalue weighted by Crippen LogP contribution is 2.51. The number of para-hydroxylation sites is 4. The zero-order chi connectivity index (χ0) is 30.9. The van der Waals surface area contributed by atoms with Crippen molar-refractivity contribution in [1.29, 1.82) is 0 Å². The van der Waals surface area contributed by atoms with Crippen LogP contribution in [0.3, 0.4) is 0 Å². The SMILES string of the molecule is Cc1cccc(C)c1N1C(=C/C=c2/c(C)nn3c(=O)n(C)c(=O)nc23)N(c2c(C)cccc2C)c2nc3ccccc3nc21. The van der Waals surface area contributed by atoms with Crippen molar-refractivity contribution >= 4 is 45.8 Å². The van der Waals surface area contributed by atoms with Crippen molar-refractivity contribution in [2.45, 2.75) is 34.6 Å². The molecule has 0 bridgehead atoms. The lowest BCUT2D eigenvalue weighted by Crippen LogP contribution is -2.37. The Balaban J connectivity index is 1.61. The second-order valence-electron chi connectivity index (χ2n) is 11.2. The van der Waals surface area contributed by atoms with E-state index in [-0.39, 0.29) is 5.65 Å². The van der Waals surface area contributed by atoms with Crippen molar-refractivity contribution in [2.24, 2.45) is 7.05 Å². The molecule has 44 heavy (non-hydrogen) atoms. The first-order valence-electron chi connectivity index (χ1n) is 14.3. The van der Waals surface area contributed by atoms with E-state index in [1.165, 1.54) is 11.6 Å². The molecule has 0 fully saturated rings. The van der Waals surface area contributed by atoms with Crippen molar-refractivity contribution in [1.82, 2.24) is 29.1 Å². The van der Waals surface area contributed by atoms with Crippen LogP contribution in [0.15, 0.2) is 82.1 Å². The summed E-state index contributed by atoms with van der Waals surface area (Å²) in [5.41, 5.74) is 7.49. The summed E-state index contributed by atoms with van der Waals surface area (Å²) >= 11 is 0. The third-order valence-corrected chi connectivity index (χ3v) is 8.18. The molecule has 0 amide bonds. The van der Waals surface area contributed by atoms with Crippen molar-refractivity contribution in [2.75, 3.05) is 9.80 Å². The average molecular weight is 583 g/mol. The molecule has 0 saturated carbocycles. The van der Waals surface area contributed by atoms with E-state index in [0.717, 1.165) is 55.1 Å². The minimum Gasteiger partial charge on any atom is -0.276 e. The molecule has 3 aromatic heterocycles. The Morgan fingerprint density at radius 3 is 1.64 bits per heavy atom. The van der Waals surface area contributed by atoms with Crippen molar-refractivity contribution < 1.29 is 0 Å². The second-order valence-corrected chi connectivity index (χ2v) is 11.2. The highest BCUT2D eigenvalue weighted by atomic mass is 16.2. The summed E-state index contributed by atoms with van der Waals surface area (Å²) in [7, 11) is 1.39. The minimum atomic E-state index is -0.632. The molecule has 0 N–H and O–H groups in total. The Morgan fingerprint density at radius 1 is 0.636 bits per heavy atom. The molecule has 3 aromatic carbocycles. The van der Waals surface area contributed by atoms with Gasteiger partial charge in [-0.25, -0.2) is 24.1 Å². The molecule has 0 atom stereocenters. The third kappa shape index (κ3) is 4.02. The number of aromatic nitrogens is 6. The first-order chi connectivity index (χ1) is 21.2. The van der Waals surface area contributed by atoms with Crippen LogP contribution < -0.4 is 26.4 Å². The Kier molecular flexibility index (Phi) is 6.17. The quantitative estimate of drug-likeness (QED) is 0.298. The maximum Gasteiger partial charge on any atom is 0.354 e. The average Bonchev–Trinajstić information content (AvgIpc) is 3.46. The van der Waals surface area contributed by atoms with Crippen LogP contribution in [0.1, 0.15) is 27.9 Å². The number of aryl methyl sites for hydroxylation is 5. The number of anilines is 4. The maximum absolute atomic E-state index is 12.8. The van der Waals surface area contributed by atoms with Gasteiger partial charge in [-0.05, 0) is 81.2 Å². The first kappa shape index (κ1) is 27.2. The van der Waals surface area contributed by atoms with Gasteiger partial charge < -0.3 is 0 Å². The number of benzene rings is 3. The van der Waals surface area contributed by atoms with Gasteiger partial charge >= 0.3 is 11.4 Å². The fourth-order valence-electron chi connectivity index (χ4n) is 6.02. The number of hydrogen-bond acceptors (Lipinski definition) is 8. The van der Waals surface area contributed by atoms with E-state index >= 15 is 0 Å². The number of fused-ring (bicyclic) bond motifs is 3. The van der Waals surface area contributed by atoms with Crippen LogP contribution in [0.5, 0.6) is 0 Å². The summed E-state index contributed by atoms with van der Waals surface area (Å²) in [6.45, 7) is 10.2. The maximum atomic E-state index is 12.8. The Morgan fingerprint density at radius 2 is 1.14 bits per heavy atom. The molecule has 6 aromatic rings. The molecule has 4 heterocycles. The number of rotatable bonds is 3. The monoisotopic (exact) mass is 582 g/mol. The molecular weight excluding hydrogens is 552 g/mol. The summed E-state index contributed by atoms with van der Waals surface area (Å²) in [5.74, 6) is 2.19. The molecule has 0 radical (unpaired) electrons. The van der Waals surface area contributed by atoms with Crippen LogP contribution in [0, 0.1) is 34.6 Å². The standard InChI is InChI=1S/C34H30N8O2/c1-19-11-9-12-20(2)28(19)40-27(18-17-24-23(5)38-42-30(24)37-33(43)39(6)34(42)44)41(29-21(3)13-10-14-22(29)4)32-31(40)35-25-15-7-8-16-26(25)36-32/h7-18H,1-6H3/b24-17-. The fourth-order valence-corrected chi connectivity index (χ4v) is 6.02. The molecule has 1 aliphatic rings. The second kappa shape index (κ2) is 9.98. The number of allylic oxidation sites excluding steroid dienone is 1. The van der Waals surface area contributed by atoms with Crippen molar-refractivity contribution in [3.63, 3.8) is 0 Å². The van der Waals surface area contributed by atoms with E-state index in [2.05, 4.69) is 71.8 Å². The Labute approximate surface area is 252 Å². The molecule has 218 valence electrons. The molecule has 10 nitrogen and oxygen atoms in total. The Bertz CT molecular complexity index is 2230. The van der Waals surface area contributed by atoms with Gasteiger partial charge in [-0.2, -0.15) is 14.6 Å². The first-order valence-corrected chi connectivity index (χ1v) is 14.3. The van der Waals surface area contributed by atoms with Gasteiger partial charge in [-0.3, -0.25) is 9.80 Å². The summed E-state index contributed by atoms with van der Waals surface area (Å²) in [5, 5.41) is 5.00. The van der Waals surface area contributed by atoms with Gasteiger partial charge in [-0.15, -0.1) is 0 Å². The number of nitrogens with zero attached hydrogens (tertiary/aromatic N) is 8. The topological polar surface area (TPSA) is 102 Å². The molecule has 0 aliphatic carbocycles. The fraction of sp³-hybridized carbons (Fsp3) is 0.176. The lowest BCUT2D eigenvalue weighted by molar-refractivity contribution is 0.684. The minimum absolute atomic E-state index is 0.210. The van der Waals surface area contributed by atoms with E-state index in [0.29, 0.717) is 22.5 Å². The summed E-state index contributed by atoms with van der Waals surface area (Å²) in [6.07, 6.45) is 3.84. The van der Waals surface area contributed by atoms with Crippen LogP contribution in [-0.4, -0.2) is 29.1 Å². The van der Waals surface area contributed by atoms with Crippen LogP contribution >= 0.6 is 0 Å². The van der Waals surface area contributed by atoms with E-state index < -0.39 is 11.4 Å². The molecule has 1 aliphatic heterocycles. The van der Waals surface area contributed by atoms with E-state index in [1.807, 2.05) is 48.6 Å². The highest BCUT2D eigenvalue weighted by Gasteiger charge is 2.39. The van der Waals surface area contributed by atoms with E-state index in [4.69, 9.17) is 9.97 Å². The smallest absolute Gasteiger partial charge is 0.276 e. The predicted octanol–water partition coefficient (Wildman–Crippen LogP) is 4.60. The van der Waals surface area contributed by atoms with Gasteiger partial charge in [-0.1, -0.05) is 48.5 Å². The summed E-state index contributed by atoms with van der Waals surface area (Å²) < 4.78 is 2.12. The summed E-state index contributed by atoms with van der Waals surface area (Å²) in [6, 6.07) is 20.3. The lowest BCUT2D eigenvalue weighted by Gasteiger charge is -2.28. The molecule has 0 unspecified atom stereocenters. The molecule has 10 heteroatoms. The molecule has 0 saturated heterocycles. The van der Waals surface area contributed by atoms with Crippen molar-refractivity contribution in [3.8, 4) is 0 Å². The normalized spacial score (nSPS) is 13.4. The van der Waals surface area contributed by atoms with Gasteiger partial charge in [0, 0.05) is 12.3 Å².